The number of hydrogen-bond donors (Lipinski definition) is 5. The Hall–Kier alpha value is -2.52. The summed E-state index contributed by atoms with van der Waals surface area (Å²) in [5.74, 6) is -0.731. The van der Waals surface area contributed by atoms with Crippen LogP contribution in [0.2, 0.25) is 10.6 Å². The van der Waals surface area contributed by atoms with E-state index in [2.05, 4.69) is 64.7 Å². The molecule has 0 aliphatic carbocycles. The minimum absolute atomic E-state index is 0.0259. The van der Waals surface area contributed by atoms with Crippen molar-refractivity contribution in [2.24, 2.45) is 17.1 Å². The highest BCUT2D eigenvalue weighted by molar-refractivity contribution is 6.15. The summed E-state index contributed by atoms with van der Waals surface area (Å²) in [4.78, 5) is 61.1. The van der Waals surface area contributed by atoms with Gasteiger partial charge >= 0.3 is 6.03 Å². The maximum absolute atomic E-state index is 12.8. The van der Waals surface area contributed by atoms with Crippen molar-refractivity contribution in [3.05, 3.63) is 0 Å². The van der Waals surface area contributed by atoms with Crippen molar-refractivity contribution in [3.63, 3.8) is 0 Å². The Morgan fingerprint density at radius 3 is 1.77 bits per heavy atom. The van der Waals surface area contributed by atoms with Crippen molar-refractivity contribution in [3.8, 4) is 0 Å². The SMILES string of the molecule is BC(C)(C)CC(CC(B)(C)C)C(=O)NCCCCCC(=O)NCC(=O)NC(CCCNC(N)=O)C(=O)C(C)(C)C. The van der Waals surface area contributed by atoms with Gasteiger partial charge in [0.05, 0.1) is 12.6 Å². The number of urea groups is 1. The average molecular weight is 563 g/mol. The molecular weight excluding hydrogens is 508 g/mol. The van der Waals surface area contributed by atoms with Crippen LogP contribution >= 0.6 is 0 Å². The van der Waals surface area contributed by atoms with E-state index in [4.69, 9.17) is 5.73 Å². The number of amides is 5. The maximum atomic E-state index is 12.8. The second-order valence-electron chi connectivity index (χ2n) is 14.3. The summed E-state index contributed by atoms with van der Waals surface area (Å²) in [5.41, 5.74) is 4.41. The maximum Gasteiger partial charge on any atom is 0.312 e. The van der Waals surface area contributed by atoms with Crippen LogP contribution in [0.5, 0.6) is 0 Å². The van der Waals surface area contributed by atoms with Crippen molar-refractivity contribution >= 4 is 45.2 Å². The first kappa shape index (κ1) is 37.5. The first-order valence-electron chi connectivity index (χ1n) is 14.6. The Bertz CT molecular complexity index is 831. The van der Waals surface area contributed by atoms with Gasteiger partial charge in [0.25, 0.3) is 0 Å². The van der Waals surface area contributed by atoms with E-state index in [9.17, 15) is 24.0 Å². The highest BCUT2D eigenvalue weighted by Gasteiger charge is 2.31. The Labute approximate surface area is 243 Å². The van der Waals surface area contributed by atoms with Crippen LogP contribution in [0.15, 0.2) is 0 Å². The molecular formula is C28H55B2N5O5. The molecule has 40 heavy (non-hydrogen) atoms. The highest BCUT2D eigenvalue weighted by Crippen LogP contribution is 2.37. The first-order chi connectivity index (χ1) is 18.2. The van der Waals surface area contributed by atoms with E-state index in [0.29, 0.717) is 32.4 Å². The molecule has 0 rings (SSSR count). The third-order valence-corrected chi connectivity index (χ3v) is 6.27. The van der Waals surface area contributed by atoms with Crippen LogP contribution < -0.4 is 27.0 Å². The van der Waals surface area contributed by atoms with Crippen molar-refractivity contribution in [2.45, 2.75) is 117 Å². The number of carbonyl (C=O) groups is 5. The molecule has 1 unspecified atom stereocenters. The number of unbranched alkanes of at least 4 members (excludes halogenated alkanes) is 2. The Balaban J connectivity index is 4.44. The zero-order chi connectivity index (χ0) is 31.1. The lowest BCUT2D eigenvalue weighted by Crippen LogP contribution is -2.49. The van der Waals surface area contributed by atoms with E-state index in [1.807, 2.05) is 0 Å². The second-order valence-corrected chi connectivity index (χ2v) is 14.3. The number of ketones is 1. The van der Waals surface area contributed by atoms with Crippen molar-refractivity contribution in [1.82, 2.24) is 21.3 Å². The van der Waals surface area contributed by atoms with E-state index in [-0.39, 0.29) is 47.1 Å². The zero-order valence-corrected chi connectivity index (χ0v) is 26.6. The number of carbonyl (C=O) groups excluding carboxylic acids is 5. The third-order valence-electron chi connectivity index (χ3n) is 6.27. The van der Waals surface area contributed by atoms with Crippen LogP contribution in [0, 0.1) is 11.3 Å². The van der Waals surface area contributed by atoms with Crippen LogP contribution in [-0.2, 0) is 19.2 Å². The fraction of sp³-hybridized carbons (Fsp3) is 0.821. The molecule has 0 aromatic carbocycles. The van der Waals surface area contributed by atoms with Crippen molar-refractivity contribution < 1.29 is 24.0 Å². The fourth-order valence-electron chi connectivity index (χ4n) is 4.50. The Morgan fingerprint density at radius 1 is 0.725 bits per heavy atom. The number of primary amides is 1. The number of hydrogen-bond acceptors (Lipinski definition) is 5. The molecule has 1 atom stereocenters. The van der Waals surface area contributed by atoms with Gasteiger partial charge in [0.15, 0.2) is 5.78 Å². The monoisotopic (exact) mass is 563 g/mol. The molecule has 5 amide bonds. The molecule has 0 radical (unpaired) electrons. The number of Topliss-reactive ketones (excluding diaryl/α,β-unsaturated/α-hetero) is 1. The van der Waals surface area contributed by atoms with Crippen LogP contribution in [0.25, 0.3) is 0 Å². The van der Waals surface area contributed by atoms with Gasteiger partial charge in [-0.25, -0.2) is 4.79 Å². The largest absolute Gasteiger partial charge is 0.356 e. The van der Waals surface area contributed by atoms with Crippen LogP contribution in [0.1, 0.15) is 99.8 Å². The van der Waals surface area contributed by atoms with E-state index in [0.717, 1.165) is 25.7 Å². The average Bonchev–Trinajstić information content (AvgIpc) is 2.78. The number of nitrogens with two attached hydrogens (primary N) is 1. The Kier molecular flexibility index (Phi) is 16.2. The molecule has 0 aliphatic heterocycles. The highest BCUT2D eigenvalue weighted by atomic mass is 16.2. The van der Waals surface area contributed by atoms with Crippen LogP contribution in [0.4, 0.5) is 4.79 Å². The summed E-state index contributed by atoms with van der Waals surface area (Å²) in [6, 6.07) is -1.36. The van der Waals surface area contributed by atoms with Gasteiger partial charge in [0.1, 0.15) is 15.7 Å². The molecule has 0 aliphatic rings. The van der Waals surface area contributed by atoms with Gasteiger partial charge in [-0.1, -0.05) is 65.5 Å². The second kappa shape index (κ2) is 17.3. The predicted octanol–water partition coefficient (Wildman–Crippen LogP) is 1.39. The molecule has 0 heterocycles. The van der Waals surface area contributed by atoms with E-state index < -0.39 is 23.4 Å². The number of rotatable bonds is 19. The summed E-state index contributed by atoms with van der Waals surface area (Å²) < 4.78 is 0. The van der Waals surface area contributed by atoms with Gasteiger partial charge in [-0.15, -0.1) is 0 Å². The third kappa shape index (κ3) is 19.5. The van der Waals surface area contributed by atoms with Gasteiger partial charge < -0.3 is 27.0 Å². The predicted molar refractivity (Wildman–Crippen MR) is 166 cm³/mol. The number of nitrogens with one attached hydrogen (secondary N) is 4. The smallest absolute Gasteiger partial charge is 0.312 e. The van der Waals surface area contributed by atoms with Crippen molar-refractivity contribution in [1.29, 1.82) is 0 Å². The molecule has 0 saturated heterocycles. The first-order valence-corrected chi connectivity index (χ1v) is 14.6. The standard InChI is InChI=1S/C28H55B2N5O5/c1-26(2,3)23(38)20(12-11-15-33-25(31)40)35-22(37)18-34-21(36)13-9-8-10-14-32-24(39)19(16-27(4,5)29)17-28(6,7)30/h19-20H,8-18,29-30H2,1-7H3,(H,32,39)(H,34,36)(H,35,37)(H3,31,33,40). The van der Waals surface area contributed by atoms with Gasteiger partial charge in [-0.05, 0) is 38.5 Å². The summed E-state index contributed by atoms with van der Waals surface area (Å²) in [7, 11) is 4.31. The normalized spacial score (nSPS) is 12.9. The van der Waals surface area contributed by atoms with Crippen molar-refractivity contribution in [2.75, 3.05) is 19.6 Å². The molecule has 6 N–H and O–H groups in total. The molecule has 228 valence electrons. The summed E-state index contributed by atoms with van der Waals surface area (Å²) in [5, 5.41) is 11.0. The van der Waals surface area contributed by atoms with Gasteiger partial charge in [-0.3, -0.25) is 19.2 Å². The van der Waals surface area contributed by atoms with Gasteiger partial charge in [-0.2, -0.15) is 0 Å². The minimum Gasteiger partial charge on any atom is -0.356 e. The van der Waals surface area contributed by atoms with Crippen LogP contribution in [0.3, 0.4) is 0 Å². The minimum atomic E-state index is -0.722. The molecule has 0 bridgehead atoms. The van der Waals surface area contributed by atoms with Gasteiger partial charge in [0, 0.05) is 30.8 Å². The molecule has 0 aromatic rings. The van der Waals surface area contributed by atoms with Crippen LogP contribution in [-0.4, -0.2) is 70.9 Å². The Morgan fingerprint density at radius 2 is 1.27 bits per heavy atom. The van der Waals surface area contributed by atoms with Gasteiger partial charge in [0.2, 0.25) is 17.7 Å². The quantitative estimate of drug-likeness (QED) is 0.119. The molecule has 0 spiro atoms. The molecule has 12 heteroatoms. The molecule has 0 saturated carbocycles. The van der Waals surface area contributed by atoms with E-state index in [1.165, 1.54) is 0 Å². The zero-order valence-electron chi connectivity index (χ0n) is 26.6. The topological polar surface area (TPSA) is 159 Å². The van der Waals surface area contributed by atoms with E-state index >= 15 is 0 Å². The molecule has 0 fully saturated rings. The molecule has 10 nitrogen and oxygen atoms in total. The summed E-state index contributed by atoms with van der Waals surface area (Å²) in [6.45, 7) is 14.6. The summed E-state index contributed by atoms with van der Waals surface area (Å²) in [6.07, 6.45) is 4.97. The fourth-order valence-corrected chi connectivity index (χ4v) is 4.50. The van der Waals surface area contributed by atoms with E-state index in [1.54, 1.807) is 20.8 Å². The lowest BCUT2D eigenvalue weighted by atomic mass is 9.61. The lowest BCUT2D eigenvalue weighted by Gasteiger charge is -2.30. The summed E-state index contributed by atoms with van der Waals surface area (Å²) >= 11 is 0. The molecule has 0 aromatic heterocycles. The lowest BCUT2D eigenvalue weighted by molar-refractivity contribution is -0.132.